The van der Waals surface area contributed by atoms with Gasteiger partial charge in [-0.3, -0.25) is 4.84 Å². The van der Waals surface area contributed by atoms with Gasteiger partial charge in [0, 0.05) is 25.3 Å². The smallest absolute Gasteiger partial charge is 0.366 e. The lowest BCUT2D eigenvalue weighted by molar-refractivity contribution is -0.167. The monoisotopic (exact) mass is 335 g/mol. The predicted molar refractivity (Wildman–Crippen MR) is 76.6 cm³/mol. The average molecular weight is 336 g/mol. The molecule has 3 heterocycles. The van der Waals surface area contributed by atoms with Gasteiger partial charge in [0.1, 0.15) is 5.82 Å². The zero-order valence-electron chi connectivity index (χ0n) is 11.9. The molecule has 0 aliphatic carbocycles. The maximum absolute atomic E-state index is 12.6. The lowest BCUT2D eigenvalue weighted by Crippen LogP contribution is -2.33. The third-order valence-electron chi connectivity index (χ3n) is 4.06. The Labute approximate surface area is 131 Å². The van der Waals surface area contributed by atoms with Crippen LogP contribution in [-0.2, 0) is 11.0 Å². The van der Waals surface area contributed by atoms with Crippen LogP contribution in [0.15, 0.2) is 12.3 Å². The summed E-state index contributed by atoms with van der Waals surface area (Å²) in [4.78, 5) is 9.59. The van der Waals surface area contributed by atoms with Gasteiger partial charge >= 0.3 is 6.18 Å². The minimum absolute atomic E-state index is 0.00302. The Morgan fingerprint density at radius 1 is 1.41 bits per heavy atom. The molecule has 2 atom stereocenters. The first-order valence-electron chi connectivity index (χ1n) is 7.33. The van der Waals surface area contributed by atoms with Gasteiger partial charge in [0.05, 0.1) is 16.7 Å². The summed E-state index contributed by atoms with van der Waals surface area (Å²) in [5.74, 6) is 0.253. The first-order valence-corrected chi connectivity index (χ1v) is 7.71. The molecule has 2 aliphatic rings. The molecule has 0 spiro atoms. The van der Waals surface area contributed by atoms with Crippen molar-refractivity contribution in [3.63, 3.8) is 0 Å². The summed E-state index contributed by atoms with van der Waals surface area (Å²) in [6.45, 7) is 1.42. The van der Waals surface area contributed by atoms with Crippen LogP contribution in [0.5, 0.6) is 0 Å². The summed E-state index contributed by atoms with van der Waals surface area (Å²) < 4.78 is 37.7. The van der Waals surface area contributed by atoms with E-state index in [0.29, 0.717) is 12.6 Å². The van der Waals surface area contributed by atoms with E-state index in [0.717, 1.165) is 38.1 Å². The Hall–Kier alpha value is -1.05. The predicted octanol–water partition coefficient (Wildman–Crippen LogP) is 3.72. The molecule has 2 aliphatic heterocycles. The maximum Gasteiger partial charge on any atom is 0.417 e. The van der Waals surface area contributed by atoms with Gasteiger partial charge < -0.3 is 5.32 Å². The molecule has 1 N–H and O–H groups in total. The van der Waals surface area contributed by atoms with Crippen LogP contribution in [0.25, 0.3) is 0 Å². The fraction of sp³-hybridized carbons (Fsp3) is 0.643. The molecule has 22 heavy (non-hydrogen) atoms. The summed E-state index contributed by atoms with van der Waals surface area (Å²) in [5.41, 5.74) is -0.850. The van der Waals surface area contributed by atoms with E-state index in [1.807, 2.05) is 5.06 Å². The zero-order chi connectivity index (χ0) is 15.7. The molecule has 0 radical (unpaired) electrons. The van der Waals surface area contributed by atoms with E-state index >= 15 is 0 Å². The molecule has 0 bridgehead atoms. The number of halogens is 4. The summed E-state index contributed by atoms with van der Waals surface area (Å²) in [6, 6.07) is 1.34. The lowest BCUT2D eigenvalue weighted by atomic mass is 10.0. The van der Waals surface area contributed by atoms with Gasteiger partial charge in [-0.1, -0.05) is 18.0 Å². The molecule has 0 saturated carbocycles. The van der Waals surface area contributed by atoms with Crippen molar-refractivity contribution < 1.29 is 18.0 Å². The fourth-order valence-corrected chi connectivity index (χ4v) is 3.17. The van der Waals surface area contributed by atoms with Gasteiger partial charge in [-0.25, -0.2) is 4.98 Å². The molecule has 2 fully saturated rings. The molecule has 2 saturated heterocycles. The molecule has 8 heteroatoms. The number of fused-ring (bicyclic) bond motifs is 1. The SMILES string of the molecule is FC(F)(F)c1cnc(NC[C@@H]2C[C@H]3CCCCN3O2)c(Cl)c1. The Morgan fingerprint density at radius 3 is 2.91 bits per heavy atom. The molecule has 4 nitrogen and oxygen atoms in total. The lowest BCUT2D eigenvalue weighted by Gasteiger charge is -2.26. The largest absolute Gasteiger partial charge is 0.417 e. The Morgan fingerprint density at radius 2 is 2.23 bits per heavy atom. The normalized spacial score (nSPS) is 26.0. The number of aromatic nitrogens is 1. The van der Waals surface area contributed by atoms with Crippen LogP contribution in [-0.4, -0.2) is 35.3 Å². The number of piperidine rings is 1. The summed E-state index contributed by atoms with van der Waals surface area (Å²) >= 11 is 5.87. The molecule has 1 aromatic rings. The van der Waals surface area contributed by atoms with Crippen LogP contribution in [0.3, 0.4) is 0 Å². The van der Waals surface area contributed by atoms with Gasteiger partial charge in [0.25, 0.3) is 0 Å². The molecule has 0 amide bonds. The Balaban J connectivity index is 1.58. The minimum Gasteiger partial charge on any atom is -0.366 e. The van der Waals surface area contributed by atoms with Crippen LogP contribution in [0.1, 0.15) is 31.2 Å². The number of nitrogens with one attached hydrogen (secondary N) is 1. The second kappa shape index (κ2) is 6.22. The minimum atomic E-state index is -4.44. The van der Waals surface area contributed by atoms with Crippen molar-refractivity contribution in [3.05, 3.63) is 22.8 Å². The third-order valence-corrected chi connectivity index (χ3v) is 4.35. The van der Waals surface area contributed by atoms with E-state index in [2.05, 4.69) is 10.3 Å². The van der Waals surface area contributed by atoms with Crippen molar-refractivity contribution in [1.29, 1.82) is 0 Å². The highest BCUT2D eigenvalue weighted by molar-refractivity contribution is 6.32. The van der Waals surface area contributed by atoms with Gasteiger partial charge in [0.2, 0.25) is 0 Å². The van der Waals surface area contributed by atoms with Gasteiger partial charge in [0.15, 0.2) is 0 Å². The number of hydrogen-bond acceptors (Lipinski definition) is 4. The van der Waals surface area contributed by atoms with Crippen LogP contribution >= 0.6 is 11.6 Å². The molecule has 122 valence electrons. The van der Waals surface area contributed by atoms with Crippen molar-refractivity contribution in [2.24, 2.45) is 0 Å². The number of anilines is 1. The van der Waals surface area contributed by atoms with Crippen LogP contribution in [0.2, 0.25) is 5.02 Å². The van der Waals surface area contributed by atoms with Crippen molar-refractivity contribution >= 4 is 17.4 Å². The number of pyridine rings is 1. The Bertz CT molecular complexity index is 527. The van der Waals surface area contributed by atoms with Crippen molar-refractivity contribution in [3.8, 4) is 0 Å². The molecule has 3 rings (SSSR count). The standard InChI is InChI=1S/C14H17ClF3N3O/c15-12-5-9(14(16,17)18)7-19-13(12)20-8-11-6-10-3-1-2-4-21(10)22-11/h5,7,10-11H,1-4,6,8H2,(H,19,20)/t10-,11+/m1/s1. The topological polar surface area (TPSA) is 37.4 Å². The van der Waals surface area contributed by atoms with Gasteiger partial charge in [-0.2, -0.15) is 18.2 Å². The van der Waals surface area contributed by atoms with Crippen molar-refractivity contribution in [2.45, 2.75) is 44.0 Å². The van der Waals surface area contributed by atoms with Crippen LogP contribution in [0.4, 0.5) is 19.0 Å². The fourth-order valence-electron chi connectivity index (χ4n) is 2.94. The number of hydrogen-bond donors (Lipinski definition) is 1. The van der Waals surface area contributed by atoms with Crippen LogP contribution in [0, 0.1) is 0 Å². The number of alkyl halides is 3. The zero-order valence-corrected chi connectivity index (χ0v) is 12.6. The molecule has 1 aromatic heterocycles. The number of rotatable bonds is 3. The molecule has 0 aromatic carbocycles. The average Bonchev–Trinajstić information content (AvgIpc) is 2.87. The van der Waals surface area contributed by atoms with Gasteiger partial charge in [-0.05, 0) is 25.3 Å². The Kier molecular flexibility index (Phi) is 4.47. The van der Waals surface area contributed by atoms with Crippen LogP contribution < -0.4 is 5.32 Å². The van der Waals surface area contributed by atoms with E-state index in [-0.39, 0.29) is 16.9 Å². The van der Waals surface area contributed by atoms with Crippen molar-refractivity contribution in [1.82, 2.24) is 10.0 Å². The molecule has 0 unspecified atom stereocenters. The third kappa shape index (κ3) is 3.47. The summed E-state index contributed by atoms with van der Waals surface area (Å²) in [6.07, 6.45) is 0.768. The molecular formula is C14H17ClF3N3O. The quantitative estimate of drug-likeness (QED) is 0.913. The second-order valence-corrected chi connectivity index (χ2v) is 6.09. The highest BCUT2D eigenvalue weighted by atomic mass is 35.5. The highest BCUT2D eigenvalue weighted by Gasteiger charge is 2.35. The van der Waals surface area contributed by atoms with E-state index in [1.54, 1.807) is 0 Å². The maximum atomic E-state index is 12.6. The van der Waals surface area contributed by atoms with Gasteiger partial charge in [-0.15, -0.1) is 0 Å². The van der Waals surface area contributed by atoms with Crippen molar-refractivity contribution in [2.75, 3.05) is 18.4 Å². The molecular weight excluding hydrogens is 319 g/mol. The van der Waals surface area contributed by atoms with E-state index in [1.165, 1.54) is 6.42 Å². The number of nitrogens with zero attached hydrogens (tertiary/aromatic N) is 2. The second-order valence-electron chi connectivity index (χ2n) is 5.69. The number of hydroxylamine groups is 2. The first-order chi connectivity index (χ1) is 10.4. The summed E-state index contributed by atoms with van der Waals surface area (Å²) in [7, 11) is 0. The van der Waals surface area contributed by atoms with E-state index in [4.69, 9.17) is 16.4 Å². The summed E-state index contributed by atoms with van der Waals surface area (Å²) in [5, 5.41) is 4.97. The highest BCUT2D eigenvalue weighted by Crippen LogP contribution is 2.33. The first kappa shape index (κ1) is 15.8. The van der Waals surface area contributed by atoms with E-state index < -0.39 is 11.7 Å². The van der Waals surface area contributed by atoms with E-state index in [9.17, 15) is 13.2 Å².